The number of unbranched alkanes of at least 4 members (excludes halogenated alkanes) is 5. The third-order valence-electron chi connectivity index (χ3n) is 9.41. The van der Waals surface area contributed by atoms with E-state index in [0.29, 0.717) is 13.2 Å². The summed E-state index contributed by atoms with van der Waals surface area (Å²) in [6.07, 6.45) is 9.72. The summed E-state index contributed by atoms with van der Waals surface area (Å²) in [7, 11) is -4.58. The molecule has 1 unspecified atom stereocenters. The molecule has 8 heteroatoms. The molecule has 52 heavy (non-hydrogen) atoms. The number of hydrogen-bond donors (Lipinski definition) is 0. The fraction of sp³-hybridized carbons (Fsp3) is 0.227. The summed E-state index contributed by atoms with van der Waals surface area (Å²) in [4.78, 5) is 12.7. The summed E-state index contributed by atoms with van der Waals surface area (Å²) in [5.41, 5.74) is 6.14. The Bertz CT molecular complexity index is 2180. The standard InChI is InChI=1S/C44H43O6P.Na/c1-2-32-14-16-34(17-15-32)30-47-31-35-18-23-38(24-19-35)48-28-10-6-4-3-5-7-11-33-20-25-40-37(29-33)22-27-42-44(40)43-39-13-9-8-12-36(39)21-26-41(43)49-51(45,46)50-42;/h2,8-9,12-27,29H,1,3-7,10-11,28,30-31H2,(H,45,46);/q;+1/p-1. The number of aryl methyl sites for hydroxylation is 1. The van der Waals surface area contributed by atoms with Crippen LogP contribution in [0.3, 0.4) is 0 Å². The van der Waals surface area contributed by atoms with Crippen LogP contribution in [0.5, 0.6) is 17.2 Å². The Morgan fingerprint density at radius 2 is 1.21 bits per heavy atom. The van der Waals surface area contributed by atoms with Crippen LogP contribution >= 0.6 is 7.82 Å². The van der Waals surface area contributed by atoms with E-state index in [1.165, 1.54) is 24.8 Å². The molecule has 0 amide bonds. The second-order valence-electron chi connectivity index (χ2n) is 13.1. The van der Waals surface area contributed by atoms with Gasteiger partial charge in [0, 0.05) is 11.1 Å². The van der Waals surface area contributed by atoms with Crippen molar-refractivity contribution in [1.29, 1.82) is 0 Å². The zero-order valence-corrected chi connectivity index (χ0v) is 32.6. The van der Waals surface area contributed by atoms with Gasteiger partial charge in [0.2, 0.25) is 0 Å². The van der Waals surface area contributed by atoms with Crippen LogP contribution in [0.4, 0.5) is 0 Å². The molecule has 0 fully saturated rings. The summed E-state index contributed by atoms with van der Waals surface area (Å²) < 4.78 is 35.4. The van der Waals surface area contributed by atoms with E-state index in [2.05, 4.69) is 49.0 Å². The van der Waals surface area contributed by atoms with E-state index in [1.807, 2.05) is 66.7 Å². The van der Waals surface area contributed by atoms with Crippen LogP contribution in [0.2, 0.25) is 0 Å². The van der Waals surface area contributed by atoms with Gasteiger partial charge in [-0.25, -0.2) is 4.57 Å². The van der Waals surface area contributed by atoms with Gasteiger partial charge in [0.25, 0.3) is 0 Å². The second-order valence-corrected chi connectivity index (χ2v) is 14.3. The van der Waals surface area contributed by atoms with E-state index in [-0.39, 0.29) is 41.1 Å². The maximum absolute atomic E-state index is 12.7. The third kappa shape index (κ3) is 9.37. The van der Waals surface area contributed by atoms with Gasteiger partial charge in [0.1, 0.15) is 17.2 Å². The Morgan fingerprint density at radius 1 is 0.635 bits per heavy atom. The minimum absolute atomic E-state index is 0. The van der Waals surface area contributed by atoms with Crippen LogP contribution in [0, 0.1) is 0 Å². The molecule has 0 aliphatic carbocycles. The summed E-state index contributed by atoms with van der Waals surface area (Å²) in [6.45, 7) is 5.66. The van der Waals surface area contributed by atoms with Gasteiger partial charge in [-0.05, 0) is 87.3 Å². The van der Waals surface area contributed by atoms with E-state index >= 15 is 0 Å². The van der Waals surface area contributed by atoms with E-state index in [4.69, 9.17) is 18.5 Å². The van der Waals surface area contributed by atoms with Crippen LogP contribution in [0.1, 0.15) is 60.8 Å². The van der Waals surface area contributed by atoms with Crippen molar-refractivity contribution in [3.05, 3.63) is 144 Å². The molecular weight excluding hydrogens is 678 g/mol. The Morgan fingerprint density at radius 3 is 1.90 bits per heavy atom. The van der Waals surface area contributed by atoms with E-state index in [1.54, 1.807) is 12.1 Å². The second kappa shape index (κ2) is 17.8. The Balaban J connectivity index is 0.00000464. The first kappa shape index (κ1) is 37.9. The number of benzene rings is 6. The normalized spacial score (nSPS) is 14.7. The molecule has 6 aromatic rings. The van der Waals surface area contributed by atoms with Crippen LogP contribution in [0.25, 0.3) is 38.7 Å². The summed E-state index contributed by atoms with van der Waals surface area (Å²) in [5, 5.41) is 3.91. The van der Waals surface area contributed by atoms with E-state index in [9.17, 15) is 9.46 Å². The molecule has 1 atom stereocenters. The van der Waals surface area contributed by atoms with Crippen LogP contribution < -0.4 is 48.2 Å². The van der Waals surface area contributed by atoms with Gasteiger partial charge < -0.3 is 23.4 Å². The van der Waals surface area contributed by atoms with Crippen molar-refractivity contribution >= 4 is 35.4 Å². The molecule has 260 valence electrons. The van der Waals surface area contributed by atoms with Crippen molar-refractivity contribution in [2.75, 3.05) is 6.61 Å². The largest absolute Gasteiger partial charge is 1.00 e. The molecule has 1 aliphatic heterocycles. The smallest absolute Gasteiger partial charge is 0.736 e. The predicted octanol–water partition coefficient (Wildman–Crippen LogP) is 8.23. The van der Waals surface area contributed by atoms with Gasteiger partial charge in [0.05, 0.1) is 19.8 Å². The minimum Gasteiger partial charge on any atom is -0.736 e. The Kier molecular flexibility index (Phi) is 12.9. The van der Waals surface area contributed by atoms with E-state index in [0.717, 1.165) is 87.4 Å². The summed E-state index contributed by atoms with van der Waals surface area (Å²) in [5.74, 6) is 1.47. The number of phosphoric acid groups is 1. The van der Waals surface area contributed by atoms with Gasteiger partial charge in [-0.15, -0.1) is 0 Å². The molecular formula is C44H42NaO6P. The number of phosphoric ester groups is 1. The molecule has 0 saturated carbocycles. The number of hydrogen-bond acceptors (Lipinski definition) is 6. The van der Waals surface area contributed by atoms with Crippen molar-refractivity contribution in [2.24, 2.45) is 0 Å². The number of ether oxygens (including phenoxy) is 2. The van der Waals surface area contributed by atoms with E-state index < -0.39 is 7.82 Å². The first-order valence-electron chi connectivity index (χ1n) is 17.7. The van der Waals surface area contributed by atoms with Crippen molar-refractivity contribution in [1.82, 2.24) is 0 Å². The molecule has 0 aromatic heterocycles. The SMILES string of the molecule is C=Cc1ccc(COCc2ccc(OCCCCCCCCc3ccc4c5c(ccc4c3)OP(=O)([O-])Oc3ccc4ccccc4c3-5)cc2)cc1.[Na+]. The molecule has 0 spiro atoms. The molecule has 0 radical (unpaired) electrons. The number of fused-ring (bicyclic) bond motifs is 7. The topological polar surface area (TPSA) is 77.1 Å². The first-order chi connectivity index (χ1) is 25.0. The van der Waals surface area contributed by atoms with Gasteiger partial charge >= 0.3 is 37.4 Å². The molecule has 7 rings (SSSR count). The monoisotopic (exact) mass is 720 g/mol. The molecule has 0 saturated heterocycles. The molecule has 6 aromatic carbocycles. The van der Waals surface area contributed by atoms with Gasteiger partial charge in [-0.2, -0.15) is 0 Å². The number of rotatable bonds is 15. The molecule has 1 aliphatic rings. The summed E-state index contributed by atoms with van der Waals surface area (Å²) in [6, 6.07) is 38.1. The van der Waals surface area contributed by atoms with Crippen molar-refractivity contribution in [3.63, 3.8) is 0 Å². The third-order valence-corrected chi connectivity index (χ3v) is 10.3. The minimum atomic E-state index is -4.58. The van der Waals surface area contributed by atoms with Crippen LogP contribution in [-0.4, -0.2) is 6.61 Å². The first-order valence-corrected chi connectivity index (χ1v) is 19.2. The average molecular weight is 721 g/mol. The fourth-order valence-corrected chi connectivity index (χ4v) is 7.56. The van der Waals surface area contributed by atoms with Crippen molar-refractivity contribution < 1.29 is 57.5 Å². The van der Waals surface area contributed by atoms with Crippen LogP contribution in [-0.2, 0) is 28.9 Å². The van der Waals surface area contributed by atoms with Gasteiger partial charge in [0.15, 0.2) is 0 Å². The Labute approximate surface area is 328 Å². The quantitative estimate of drug-likeness (QED) is 0.0605. The fourth-order valence-electron chi connectivity index (χ4n) is 6.74. The molecule has 1 heterocycles. The van der Waals surface area contributed by atoms with Crippen LogP contribution in [0.15, 0.2) is 122 Å². The maximum atomic E-state index is 12.7. The molecule has 6 nitrogen and oxygen atoms in total. The maximum Gasteiger partial charge on any atom is 1.00 e. The predicted molar refractivity (Wildman–Crippen MR) is 204 cm³/mol. The molecule has 0 N–H and O–H groups in total. The van der Waals surface area contributed by atoms with Crippen molar-refractivity contribution in [3.8, 4) is 28.4 Å². The average Bonchev–Trinajstić information content (AvgIpc) is 3.27. The zero-order chi connectivity index (χ0) is 35.0. The summed E-state index contributed by atoms with van der Waals surface area (Å²) >= 11 is 0. The van der Waals surface area contributed by atoms with Gasteiger partial charge in [-0.1, -0.05) is 129 Å². The zero-order valence-electron chi connectivity index (χ0n) is 29.7. The Hall–Kier alpha value is -3.87. The van der Waals surface area contributed by atoms with Crippen molar-refractivity contribution in [2.45, 2.75) is 58.2 Å². The molecule has 0 bridgehead atoms. The van der Waals surface area contributed by atoms with Gasteiger partial charge in [-0.3, -0.25) is 0 Å².